The van der Waals surface area contributed by atoms with E-state index < -0.39 is 10.0 Å². The molecule has 0 bridgehead atoms. The van der Waals surface area contributed by atoms with Crippen molar-refractivity contribution in [2.24, 2.45) is 0 Å². The van der Waals surface area contributed by atoms with Crippen molar-refractivity contribution in [1.29, 1.82) is 0 Å². The molecule has 21 heavy (non-hydrogen) atoms. The van der Waals surface area contributed by atoms with E-state index in [9.17, 15) is 8.42 Å². The molecule has 120 valence electrons. The third-order valence-corrected chi connectivity index (χ3v) is 5.76. The fourth-order valence-corrected chi connectivity index (χ4v) is 3.48. The van der Waals surface area contributed by atoms with Gasteiger partial charge in [0, 0.05) is 14.1 Å². The van der Waals surface area contributed by atoms with Gasteiger partial charge in [-0.1, -0.05) is 11.6 Å². The third-order valence-electron chi connectivity index (χ3n) is 3.85. The van der Waals surface area contributed by atoms with Crippen LogP contribution in [0.5, 0.6) is 0 Å². The molecule has 1 fully saturated rings. The van der Waals surface area contributed by atoms with Crippen LogP contribution in [0.2, 0.25) is 0 Å². The molecule has 1 aromatic rings. The van der Waals surface area contributed by atoms with Gasteiger partial charge in [0.05, 0.1) is 11.8 Å². The smallest absolute Gasteiger partial charge is 0.243 e. The van der Waals surface area contributed by atoms with Gasteiger partial charge in [-0.15, -0.1) is 0 Å². The highest BCUT2D eigenvalue weighted by Gasteiger charge is 2.28. The van der Waals surface area contributed by atoms with E-state index >= 15 is 0 Å². The lowest BCUT2D eigenvalue weighted by molar-refractivity contribution is 0.119. The summed E-state index contributed by atoms with van der Waals surface area (Å²) in [6, 6.07) is 0.127. The van der Waals surface area contributed by atoms with Crippen molar-refractivity contribution in [3.8, 4) is 0 Å². The predicted octanol–water partition coefficient (Wildman–Crippen LogP) is 1.19. The maximum absolute atomic E-state index is 11.8. The fraction of sp³-hybridized carbons (Fsp3) is 0.846. The standard InChI is InChI=1S/C13H24N4O3S/c1-11-14-13(20-15-11)12-7-4-5-8-17(12)9-6-10-21(18,19)16(2)3/h12H,4-10H2,1-3H3/t12-/m1/s1. The molecule has 2 heterocycles. The molecule has 1 saturated heterocycles. The lowest BCUT2D eigenvalue weighted by atomic mass is 10.0. The quantitative estimate of drug-likeness (QED) is 0.784. The fourth-order valence-electron chi connectivity index (χ4n) is 2.62. The Bertz CT molecular complexity index is 556. The number of nitrogens with zero attached hydrogens (tertiary/aromatic N) is 4. The van der Waals surface area contributed by atoms with Gasteiger partial charge in [-0.05, 0) is 39.3 Å². The van der Waals surface area contributed by atoms with Crippen LogP contribution in [0.3, 0.4) is 0 Å². The first-order valence-corrected chi connectivity index (χ1v) is 8.95. The zero-order valence-corrected chi connectivity index (χ0v) is 13.8. The highest BCUT2D eigenvalue weighted by Crippen LogP contribution is 2.29. The first kappa shape index (κ1) is 16.4. The highest BCUT2D eigenvalue weighted by molar-refractivity contribution is 7.89. The summed E-state index contributed by atoms with van der Waals surface area (Å²) in [5, 5.41) is 3.85. The van der Waals surface area contributed by atoms with E-state index in [1.165, 1.54) is 4.31 Å². The van der Waals surface area contributed by atoms with Gasteiger partial charge in [0.15, 0.2) is 5.82 Å². The second-order valence-electron chi connectivity index (χ2n) is 5.68. The Balaban J connectivity index is 1.94. The Morgan fingerprint density at radius 3 is 2.76 bits per heavy atom. The van der Waals surface area contributed by atoms with Crippen LogP contribution in [0.4, 0.5) is 0 Å². The number of hydrogen-bond acceptors (Lipinski definition) is 6. The van der Waals surface area contributed by atoms with Gasteiger partial charge in [-0.25, -0.2) is 12.7 Å². The Hall–Kier alpha value is -0.990. The number of aromatic nitrogens is 2. The number of sulfonamides is 1. The molecule has 0 N–H and O–H groups in total. The summed E-state index contributed by atoms with van der Waals surface area (Å²) in [5.74, 6) is 1.47. The van der Waals surface area contributed by atoms with Crippen molar-refractivity contribution in [2.75, 3.05) is 32.9 Å². The molecule has 8 heteroatoms. The van der Waals surface area contributed by atoms with Crippen LogP contribution in [0.15, 0.2) is 4.52 Å². The second-order valence-corrected chi connectivity index (χ2v) is 7.98. The van der Waals surface area contributed by atoms with Crippen LogP contribution < -0.4 is 0 Å². The highest BCUT2D eigenvalue weighted by atomic mass is 32.2. The molecule has 1 aromatic heterocycles. The predicted molar refractivity (Wildman–Crippen MR) is 79.3 cm³/mol. The molecule has 0 aromatic carbocycles. The largest absolute Gasteiger partial charge is 0.338 e. The normalized spacial score (nSPS) is 21.0. The monoisotopic (exact) mass is 316 g/mol. The molecule has 2 rings (SSSR count). The van der Waals surface area contributed by atoms with Crippen LogP contribution in [0, 0.1) is 6.92 Å². The minimum Gasteiger partial charge on any atom is -0.338 e. The maximum Gasteiger partial charge on any atom is 0.243 e. The lowest BCUT2D eigenvalue weighted by Gasteiger charge is -2.33. The molecule has 0 amide bonds. The van der Waals surface area contributed by atoms with E-state index in [2.05, 4.69) is 15.0 Å². The minimum absolute atomic E-state index is 0.127. The molecule has 0 spiro atoms. The summed E-state index contributed by atoms with van der Waals surface area (Å²) in [4.78, 5) is 6.59. The van der Waals surface area contributed by atoms with Crippen molar-refractivity contribution in [1.82, 2.24) is 19.3 Å². The first-order chi connectivity index (χ1) is 9.90. The molecule has 0 unspecified atom stereocenters. The molecule has 1 aliphatic heterocycles. The zero-order chi connectivity index (χ0) is 15.5. The van der Waals surface area contributed by atoms with Crippen molar-refractivity contribution < 1.29 is 12.9 Å². The van der Waals surface area contributed by atoms with E-state index in [4.69, 9.17) is 4.52 Å². The van der Waals surface area contributed by atoms with Crippen LogP contribution in [0.25, 0.3) is 0 Å². The SMILES string of the molecule is Cc1noc([C@H]2CCCCN2CCCS(=O)(=O)N(C)C)n1. The Labute approximate surface area is 126 Å². The number of rotatable bonds is 6. The van der Waals surface area contributed by atoms with Crippen LogP contribution in [-0.2, 0) is 10.0 Å². The Kier molecular flexibility index (Phi) is 5.34. The Morgan fingerprint density at radius 2 is 2.14 bits per heavy atom. The number of aryl methyl sites for hydroxylation is 1. The summed E-state index contributed by atoms with van der Waals surface area (Å²) >= 11 is 0. The van der Waals surface area contributed by atoms with Crippen molar-refractivity contribution in [2.45, 2.75) is 38.6 Å². The van der Waals surface area contributed by atoms with Gasteiger partial charge in [0.1, 0.15) is 0 Å². The van der Waals surface area contributed by atoms with Crippen LogP contribution in [0.1, 0.15) is 43.4 Å². The number of hydrogen-bond donors (Lipinski definition) is 0. The van der Waals surface area contributed by atoms with E-state index in [-0.39, 0.29) is 11.8 Å². The topological polar surface area (TPSA) is 79.5 Å². The molecule has 1 aliphatic rings. The zero-order valence-electron chi connectivity index (χ0n) is 12.9. The summed E-state index contributed by atoms with van der Waals surface area (Å²) < 4.78 is 30.2. The van der Waals surface area contributed by atoms with Crippen LogP contribution in [-0.4, -0.2) is 60.7 Å². The molecular formula is C13H24N4O3S. The van der Waals surface area contributed by atoms with Gasteiger partial charge >= 0.3 is 0 Å². The molecule has 7 nitrogen and oxygen atoms in total. The summed E-state index contributed by atoms with van der Waals surface area (Å²) in [6.07, 6.45) is 3.87. The van der Waals surface area contributed by atoms with Crippen molar-refractivity contribution >= 4 is 10.0 Å². The van der Waals surface area contributed by atoms with E-state index in [1.807, 2.05) is 6.92 Å². The van der Waals surface area contributed by atoms with Gasteiger partial charge in [-0.2, -0.15) is 4.98 Å². The average molecular weight is 316 g/mol. The third kappa shape index (κ3) is 4.24. The second kappa shape index (κ2) is 6.85. The van der Waals surface area contributed by atoms with Gasteiger partial charge < -0.3 is 4.52 Å². The maximum atomic E-state index is 11.8. The van der Waals surface area contributed by atoms with E-state index in [0.29, 0.717) is 18.1 Å². The first-order valence-electron chi connectivity index (χ1n) is 7.34. The molecule has 1 atom stereocenters. The van der Waals surface area contributed by atoms with Crippen molar-refractivity contribution in [3.63, 3.8) is 0 Å². The summed E-state index contributed by atoms with van der Waals surface area (Å²) in [7, 11) is 0.0176. The number of piperidine rings is 1. The average Bonchev–Trinajstić information content (AvgIpc) is 2.85. The number of likely N-dealkylation sites (tertiary alicyclic amines) is 1. The molecule has 0 saturated carbocycles. The van der Waals surface area contributed by atoms with E-state index in [1.54, 1.807) is 14.1 Å². The molecule has 0 aliphatic carbocycles. The van der Waals surface area contributed by atoms with Crippen molar-refractivity contribution in [3.05, 3.63) is 11.7 Å². The summed E-state index contributed by atoms with van der Waals surface area (Å²) in [6.45, 7) is 3.50. The van der Waals surface area contributed by atoms with Gasteiger partial charge in [0.2, 0.25) is 15.9 Å². The van der Waals surface area contributed by atoms with Crippen LogP contribution >= 0.6 is 0 Å². The molecular weight excluding hydrogens is 292 g/mol. The Morgan fingerprint density at radius 1 is 1.38 bits per heavy atom. The summed E-state index contributed by atoms with van der Waals surface area (Å²) in [5.41, 5.74) is 0. The van der Waals surface area contributed by atoms with Gasteiger partial charge in [-0.3, -0.25) is 4.90 Å². The lowest BCUT2D eigenvalue weighted by Crippen LogP contribution is -2.36. The van der Waals surface area contributed by atoms with E-state index in [0.717, 1.165) is 32.4 Å². The minimum atomic E-state index is -3.12. The molecule has 0 radical (unpaired) electrons. The van der Waals surface area contributed by atoms with Gasteiger partial charge in [0.25, 0.3) is 0 Å².